The summed E-state index contributed by atoms with van der Waals surface area (Å²) < 4.78 is 5.54. The predicted octanol–water partition coefficient (Wildman–Crippen LogP) is 5.20. The highest BCUT2D eigenvalue weighted by Crippen LogP contribution is 2.33. The maximum atomic E-state index is 10.4. The summed E-state index contributed by atoms with van der Waals surface area (Å²) in [6, 6.07) is 21.0. The van der Waals surface area contributed by atoms with E-state index < -0.39 is 0 Å². The van der Waals surface area contributed by atoms with Crippen molar-refractivity contribution in [3.05, 3.63) is 77.9 Å². The van der Waals surface area contributed by atoms with Crippen molar-refractivity contribution in [1.29, 1.82) is 0 Å². The smallest absolute Gasteiger partial charge is 0.167 e. The van der Waals surface area contributed by atoms with Gasteiger partial charge in [-0.3, -0.25) is 0 Å². The molecule has 1 N–H and O–H groups in total. The first kappa shape index (κ1) is 18.6. The van der Waals surface area contributed by atoms with Gasteiger partial charge in [-0.1, -0.05) is 53.6 Å². The predicted molar refractivity (Wildman–Crippen MR) is 114 cm³/mol. The molecule has 0 atom stereocenters. The molecule has 0 aliphatic carbocycles. The van der Waals surface area contributed by atoms with E-state index in [1.165, 1.54) is 0 Å². The van der Waals surface area contributed by atoms with Crippen LogP contribution in [0.1, 0.15) is 11.1 Å². The fourth-order valence-corrected chi connectivity index (χ4v) is 3.16. The van der Waals surface area contributed by atoms with Crippen LogP contribution in [0.2, 0.25) is 0 Å². The molecule has 4 aromatic rings. The lowest BCUT2D eigenvalue weighted by Gasteiger charge is -2.12. The standard InChI is InChI=1S/C24H21N3O2/c1-15-9-11-20(28)18(13-15)23-25-22(17-7-5-4-6-8-17)26-24(27-23)19-14-16(2)10-12-21(19)29-3/h4-14,28H,1-3H3. The Morgan fingerprint density at radius 1 is 0.690 bits per heavy atom. The average Bonchev–Trinajstić information content (AvgIpc) is 2.75. The Hall–Kier alpha value is -3.73. The topological polar surface area (TPSA) is 68.1 Å². The SMILES string of the molecule is COc1ccc(C)cc1-c1nc(-c2ccccc2)nc(-c2cc(C)ccc2O)n1. The number of methoxy groups -OCH3 is 1. The molecular weight excluding hydrogens is 362 g/mol. The van der Waals surface area contributed by atoms with Crippen molar-refractivity contribution >= 4 is 0 Å². The molecule has 0 spiro atoms. The van der Waals surface area contributed by atoms with Gasteiger partial charge in [0.2, 0.25) is 0 Å². The number of ether oxygens (including phenoxy) is 1. The molecule has 0 unspecified atom stereocenters. The summed E-state index contributed by atoms with van der Waals surface area (Å²) in [5, 5.41) is 10.4. The zero-order valence-electron chi connectivity index (χ0n) is 16.5. The van der Waals surface area contributed by atoms with E-state index in [4.69, 9.17) is 9.72 Å². The van der Waals surface area contributed by atoms with Crippen LogP contribution in [0.25, 0.3) is 34.2 Å². The highest BCUT2D eigenvalue weighted by molar-refractivity contribution is 5.72. The van der Waals surface area contributed by atoms with E-state index in [2.05, 4.69) is 9.97 Å². The molecule has 1 aromatic heterocycles. The number of hydrogen-bond donors (Lipinski definition) is 1. The Labute approximate surface area is 169 Å². The summed E-state index contributed by atoms with van der Waals surface area (Å²) in [5.41, 5.74) is 4.30. The van der Waals surface area contributed by atoms with Crippen LogP contribution >= 0.6 is 0 Å². The number of benzene rings is 3. The fraction of sp³-hybridized carbons (Fsp3) is 0.125. The molecule has 0 saturated heterocycles. The third-order valence-electron chi connectivity index (χ3n) is 4.66. The molecule has 3 aromatic carbocycles. The van der Waals surface area contributed by atoms with Crippen LogP contribution in [0.15, 0.2) is 66.7 Å². The number of phenolic OH excluding ortho intramolecular Hbond substituents is 1. The molecule has 0 radical (unpaired) electrons. The van der Waals surface area contributed by atoms with Gasteiger partial charge in [-0.15, -0.1) is 0 Å². The lowest BCUT2D eigenvalue weighted by atomic mass is 10.1. The van der Waals surface area contributed by atoms with Gasteiger partial charge in [0.05, 0.1) is 18.2 Å². The van der Waals surface area contributed by atoms with Crippen LogP contribution in [0.3, 0.4) is 0 Å². The first-order valence-corrected chi connectivity index (χ1v) is 9.31. The second-order valence-electron chi connectivity index (χ2n) is 6.90. The van der Waals surface area contributed by atoms with Gasteiger partial charge in [0.15, 0.2) is 17.5 Å². The van der Waals surface area contributed by atoms with Crippen LogP contribution in [0.4, 0.5) is 0 Å². The molecule has 144 valence electrons. The van der Waals surface area contributed by atoms with E-state index >= 15 is 0 Å². The van der Waals surface area contributed by atoms with Crippen LogP contribution in [-0.2, 0) is 0 Å². The summed E-state index contributed by atoms with van der Waals surface area (Å²) in [4.78, 5) is 14.1. The number of aromatic nitrogens is 3. The Morgan fingerprint density at radius 3 is 1.97 bits per heavy atom. The van der Waals surface area contributed by atoms with E-state index in [0.29, 0.717) is 28.8 Å². The van der Waals surface area contributed by atoms with Gasteiger partial charge in [0.1, 0.15) is 11.5 Å². The fourth-order valence-electron chi connectivity index (χ4n) is 3.16. The summed E-state index contributed by atoms with van der Waals surface area (Å²) in [6.45, 7) is 3.97. The largest absolute Gasteiger partial charge is 0.507 e. The Morgan fingerprint density at radius 2 is 1.28 bits per heavy atom. The summed E-state index contributed by atoms with van der Waals surface area (Å²) in [7, 11) is 1.63. The van der Waals surface area contributed by atoms with E-state index in [-0.39, 0.29) is 5.75 Å². The van der Waals surface area contributed by atoms with Crippen molar-refractivity contribution < 1.29 is 9.84 Å². The summed E-state index contributed by atoms with van der Waals surface area (Å²) in [5.74, 6) is 2.26. The molecule has 0 bridgehead atoms. The van der Waals surface area contributed by atoms with Crippen molar-refractivity contribution in [2.24, 2.45) is 0 Å². The molecule has 0 aliphatic rings. The first-order valence-electron chi connectivity index (χ1n) is 9.31. The van der Waals surface area contributed by atoms with Crippen molar-refractivity contribution in [2.45, 2.75) is 13.8 Å². The number of aromatic hydroxyl groups is 1. The molecule has 4 rings (SSSR count). The van der Waals surface area contributed by atoms with Gasteiger partial charge < -0.3 is 9.84 Å². The highest BCUT2D eigenvalue weighted by atomic mass is 16.5. The minimum Gasteiger partial charge on any atom is -0.507 e. The van der Waals surface area contributed by atoms with Gasteiger partial charge in [-0.25, -0.2) is 15.0 Å². The molecule has 0 saturated carbocycles. The highest BCUT2D eigenvalue weighted by Gasteiger charge is 2.17. The Kier molecular flexibility index (Phi) is 4.96. The molecule has 5 nitrogen and oxygen atoms in total. The van der Waals surface area contributed by atoms with E-state index in [0.717, 1.165) is 22.3 Å². The van der Waals surface area contributed by atoms with Gasteiger partial charge >= 0.3 is 0 Å². The second-order valence-corrected chi connectivity index (χ2v) is 6.90. The first-order chi connectivity index (χ1) is 14.0. The van der Waals surface area contributed by atoms with Crippen molar-refractivity contribution in [3.63, 3.8) is 0 Å². The lowest BCUT2D eigenvalue weighted by Crippen LogP contribution is -2.01. The van der Waals surface area contributed by atoms with E-state index in [1.807, 2.05) is 74.5 Å². The number of rotatable bonds is 4. The van der Waals surface area contributed by atoms with Gasteiger partial charge in [0, 0.05) is 5.56 Å². The minimum atomic E-state index is 0.128. The monoisotopic (exact) mass is 383 g/mol. The van der Waals surface area contributed by atoms with Gasteiger partial charge in [-0.05, 0) is 38.1 Å². The number of aryl methyl sites for hydroxylation is 2. The molecule has 0 amide bonds. The zero-order chi connectivity index (χ0) is 20.4. The second kappa shape index (κ2) is 7.72. The van der Waals surface area contributed by atoms with Crippen molar-refractivity contribution in [2.75, 3.05) is 7.11 Å². The molecule has 5 heteroatoms. The molecule has 0 fully saturated rings. The van der Waals surface area contributed by atoms with Crippen molar-refractivity contribution in [3.8, 4) is 45.7 Å². The van der Waals surface area contributed by atoms with Crippen molar-refractivity contribution in [1.82, 2.24) is 15.0 Å². The van der Waals surface area contributed by atoms with Gasteiger partial charge in [0.25, 0.3) is 0 Å². The average molecular weight is 383 g/mol. The normalized spacial score (nSPS) is 10.7. The maximum Gasteiger partial charge on any atom is 0.167 e. The maximum absolute atomic E-state index is 10.4. The molecular formula is C24H21N3O2. The minimum absolute atomic E-state index is 0.128. The molecule has 29 heavy (non-hydrogen) atoms. The summed E-state index contributed by atoms with van der Waals surface area (Å²) >= 11 is 0. The summed E-state index contributed by atoms with van der Waals surface area (Å²) in [6.07, 6.45) is 0. The number of hydrogen-bond acceptors (Lipinski definition) is 5. The van der Waals surface area contributed by atoms with E-state index in [9.17, 15) is 5.11 Å². The Balaban J connectivity index is 1.99. The van der Waals surface area contributed by atoms with Gasteiger partial charge in [-0.2, -0.15) is 0 Å². The van der Waals surface area contributed by atoms with Crippen LogP contribution < -0.4 is 4.74 Å². The molecule has 0 aliphatic heterocycles. The lowest BCUT2D eigenvalue weighted by molar-refractivity contribution is 0.416. The number of nitrogens with zero attached hydrogens (tertiary/aromatic N) is 3. The van der Waals surface area contributed by atoms with E-state index in [1.54, 1.807) is 13.2 Å². The third kappa shape index (κ3) is 3.80. The van der Waals surface area contributed by atoms with Crippen LogP contribution in [0.5, 0.6) is 11.5 Å². The Bertz CT molecular complexity index is 1170. The number of phenols is 1. The zero-order valence-corrected chi connectivity index (χ0v) is 16.5. The third-order valence-corrected chi connectivity index (χ3v) is 4.66. The van der Waals surface area contributed by atoms with Crippen LogP contribution in [0, 0.1) is 13.8 Å². The van der Waals surface area contributed by atoms with Crippen LogP contribution in [-0.4, -0.2) is 27.2 Å². The quantitative estimate of drug-likeness (QED) is 0.524. The molecule has 1 heterocycles.